The highest BCUT2D eigenvalue weighted by Crippen LogP contribution is 2.38. The van der Waals surface area contributed by atoms with Gasteiger partial charge < -0.3 is 15.6 Å². The molecule has 0 fully saturated rings. The highest BCUT2D eigenvalue weighted by molar-refractivity contribution is 5.95. The highest BCUT2D eigenvalue weighted by atomic mass is 19.1. The number of halogens is 1. The van der Waals surface area contributed by atoms with Crippen LogP contribution in [0, 0.1) is 5.82 Å². The average molecular weight is 262 g/mol. The van der Waals surface area contributed by atoms with E-state index in [1.807, 2.05) is 6.92 Å². The standard InChI is InChI=1S/C13H11FN2O3/c1-5-11-8(4-19-5)6-2-7(13(17)18)9(14)3-10(6)16-12(11)15/h2-3,5H,4H2,1H3,(H2,15,16)(H,17,18). The van der Waals surface area contributed by atoms with Gasteiger partial charge in [0.25, 0.3) is 0 Å². The molecule has 1 atom stereocenters. The van der Waals surface area contributed by atoms with Gasteiger partial charge in [-0.15, -0.1) is 0 Å². The smallest absolute Gasteiger partial charge is 0.338 e. The van der Waals surface area contributed by atoms with E-state index < -0.39 is 11.8 Å². The third-order valence-corrected chi connectivity index (χ3v) is 3.37. The number of aromatic carboxylic acids is 1. The maximum atomic E-state index is 13.6. The number of hydrogen-bond donors (Lipinski definition) is 2. The van der Waals surface area contributed by atoms with E-state index >= 15 is 0 Å². The van der Waals surface area contributed by atoms with Crippen molar-refractivity contribution < 1.29 is 19.0 Å². The van der Waals surface area contributed by atoms with E-state index in [4.69, 9.17) is 15.6 Å². The molecule has 2 aromatic rings. The van der Waals surface area contributed by atoms with Crippen LogP contribution in [0.4, 0.5) is 10.2 Å². The van der Waals surface area contributed by atoms with Crippen molar-refractivity contribution >= 4 is 22.7 Å². The van der Waals surface area contributed by atoms with E-state index in [2.05, 4.69) is 4.98 Å². The molecule has 0 saturated heterocycles. The van der Waals surface area contributed by atoms with Gasteiger partial charge in [0.1, 0.15) is 11.6 Å². The van der Waals surface area contributed by atoms with Gasteiger partial charge in [-0.2, -0.15) is 0 Å². The SMILES string of the molecule is CC1OCc2c1c(N)nc1cc(F)c(C(=O)O)cc21. The number of carboxylic acids is 1. The fraction of sp³-hybridized carbons (Fsp3) is 0.231. The van der Waals surface area contributed by atoms with Crippen molar-refractivity contribution in [3.63, 3.8) is 0 Å². The van der Waals surface area contributed by atoms with Crippen molar-refractivity contribution in [1.82, 2.24) is 4.98 Å². The lowest BCUT2D eigenvalue weighted by Gasteiger charge is -2.10. The van der Waals surface area contributed by atoms with Crippen LogP contribution in [0.25, 0.3) is 10.9 Å². The summed E-state index contributed by atoms with van der Waals surface area (Å²) in [7, 11) is 0. The van der Waals surface area contributed by atoms with E-state index in [0.29, 0.717) is 23.3 Å². The summed E-state index contributed by atoms with van der Waals surface area (Å²) >= 11 is 0. The Hall–Kier alpha value is -2.21. The molecule has 0 radical (unpaired) electrons. The van der Waals surface area contributed by atoms with Crippen LogP contribution in [-0.2, 0) is 11.3 Å². The number of pyridine rings is 1. The van der Waals surface area contributed by atoms with Crippen LogP contribution in [0.15, 0.2) is 12.1 Å². The first-order valence-electron chi connectivity index (χ1n) is 5.75. The van der Waals surface area contributed by atoms with Crippen molar-refractivity contribution in [3.05, 3.63) is 34.6 Å². The number of nitrogens with zero attached hydrogens (tertiary/aromatic N) is 1. The Bertz CT molecular complexity index is 715. The number of nitrogens with two attached hydrogens (primary N) is 1. The van der Waals surface area contributed by atoms with Gasteiger partial charge in [0, 0.05) is 17.0 Å². The van der Waals surface area contributed by atoms with E-state index in [9.17, 15) is 9.18 Å². The molecule has 2 heterocycles. The highest BCUT2D eigenvalue weighted by Gasteiger charge is 2.26. The van der Waals surface area contributed by atoms with Gasteiger partial charge in [0.15, 0.2) is 0 Å². The number of hydrogen-bond acceptors (Lipinski definition) is 4. The molecule has 19 heavy (non-hydrogen) atoms. The van der Waals surface area contributed by atoms with Crippen LogP contribution in [0.5, 0.6) is 0 Å². The number of rotatable bonds is 1. The van der Waals surface area contributed by atoms with Gasteiger partial charge >= 0.3 is 5.97 Å². The van der Waals surface area contributed by atoms with Crippen molar-refractivity contribution in [1.29, 1.82) is 0 Å². The normalized spacial score (nSPS) is 17.7. The van der Waals surface area contributed by atoms with Crippen LogP contribution >= 0.6 is 0 Å². The van der Waals surface area contributed by atoms with E-state index in [-0.39, 0.29) is 11.7 Å². The minimum absolute atomic E-state index is 0.190. The zero-order chi connectivity index (χ0) is 13.7. The van der Waals surface area contributed by atoms with Crippen molar-refractivity contribution in [2.45, 2.75) is 19.6 Å². The van der Waals surface area contributed by atoms with Gasteiger partial charge in [-0.1, -0.05) is 0 Å². The Morgan fingerprint density at radius 3 is 3.00 bits per heavy atom. The summed E-state index contributed by atoms with van der Waals surface area (Å²) in [6.45, 7) is 2.17. The Kier molecular flexibility index (Phi) is 2.43. The minimum Gasteiger partial charge on any atom is -0.478 e. The summed E-state index contributed by atoms with van der Waals surface area (Å²) in [4.78, 5) is 15.1. The van der Waals surface area contributed by atoms with Crippen LogP contribution in [0.3, 0.4) is 0 Å². The Labute approximate surface area is 107 Å². The second-order valence-corrected chi connectivity index (χ2v) is 4.50. The summed E-state index contributed by atoms with van der Waals surface area (Å²) < 4.78 is 19.1. The van der Waals surface area contributed by atoms with Crippen LogP contribution in [0.1, 0.15) is 34.5 Å². The molecular weight excluding hydrogens is 251 g/mol. The van der Waals surface area contributed by atoms with Crippen molar-refractivity contribution in [2.24, 2.45) is 0 Å². The number of carbonyl (C=O) groups is 1. The molecule has 6 heteroatoms. The number of aromatic nitrogens is 1. The van der Waals surface area contributed by atoms with Gasteiger partial charge in [0.05, 0.1) is 23.8 Å². The first-order valence-corrected chi connectivity index (χ1v) is 5.75. The van der Waals surface area contributed by atoms with E-state index in [1.54, 1.807) is 0 Å². The van der Waals surface area contributed by atoms with Crippen molar-refractivity contribution in [3.8, 4) is 0 Å². The number of fused-ring (bicyclic) bond motifs is 3. The number of nitrogen functional groups attached to an aromatic ring is 1. The largest absolute Gasteiger partial charge is 0.478 e. The molecule has 1 unspecified atom stereocenters. The molecule has 3 N–H and O–H groups in total. The Morgan fingerprint density at radius 2 is 2.32 bits per heavy atom. The number of anilines is 1. The fourth-order valence-electron chi connectivity index (χ4n) is 2.45. The van der Waals surface area contributed by atoms with Crippen molar-refractivity contribution in [2.75, 3.05) is 5.73 Å². The Morgan fingerprint density at radius 1 is 1.58 bits per heavy atom. The summed E-state index contributed by atoms with van der Waals surface area (Å²) in [6, 6.07) is 2.39. The predicted molar refractivity (Wildman–Crippen MR) is 66.3 cm³/mol. The maximum absolute atomic E-state index is 13.6. The number of benzene rings is 1. The first kappa shape index (κ1) is 11.9. The van der Waals surface area contributed by atoms with Gasteiger partial charge in [0.2, 0.25) is 0 Å². The third kappa shape index (κ3) is 1.64. The second-order valence-electron chi connectivity index (χ2n) is 4.50. The van der Waals surface area contributed by atoms with Gasteiger partial charge in [-0.3, -0.25) is 0 Å². The summed E-state index contributed by atoms with van der Waals surface area (Å²) in [5.74, 6) is -1.83. The fourth-order valence-corrected chi connectivity index (χ4v) is 2.45. The molecule has 1 aromatic carbocycles. The topological polar surface area (TPSA) is 85.4 Å². The summed E-state index contributed by atoms with van der Waals surface area (Å²) in [6.07, 6.45) is -0.190. The molecule has 5 nitrogen and oxygen atoms in total. The van der Waals surface area contributed by atoms with Crippen LogP contribution < -0.4 is 5.73 Å². The zero-order valence-corrected chi connectivity index (χ0v) is 10.1. The molecule has 1 aliphatic rings. The second kappa shape index (κ2) is 3.89. The lowest BCUT2D eigenvalue weighted by atomic mass is 10.00. The van der Waals surface area contributed by atoms with E-state index in [0.717, 1.165) is 17.2 Å². The zero-order valence-electron chi connectivity index (χ0n) is 10.1. The summed E-state index contributed by atoms with van der Waals surface area (Å²) in [5.41, 5.74) is 7.37. The minimum atomic E-state index is -1.31. The first-order chi connectivity index (χ1) is 8.99. The molecule has 0 aliphatic carbocycles. The van der Waals surface area contributed by atoms with Crippen LogP contribution in [0.2, 0.25) is 0 Å². The van der Waals surface area contributed by atoms with Crippen LogP contribution in [-0.4, -0.2) is 16.1 Å². The lowest BCUT2D eigenvalue weighted by molar-refractivity contribution is 0.0692. The molecule has 98 valence electrons. The van der Waals surface area contributed by atoms with Gasteiger partial charge in [-0.25, -0.2) is 14.2 Å². The lowest BCUT2D eigenvalue weighted by Crippen LogP contribution is -2.04. The molecule has 0 spiro atoms. The summed E-state index contributed by atoms with van der Waals surface area (Å²) in [5, 5.41) is 9.54. The van der Waals surface area contributed by atoms with E-state index in [1.165, 1.54) is 6.07 Å². The number of ether oxygens (including phenoxy) is 1. The molecule has 1 aliphatic heterocycles. The maximum Gasteiger partial charge on any atom is 0.338 e. The molecular formula is C13H11FN2O3. The molecule has 3 rings (SSSR count). The molecule has 0 saturated carbocycles. The third-order valence-electron chi connectivity index (χ3n) is 3.37. The quantitative estimate of drug-likeness (QED) is 0.823. The number of carboxylic acid groups (broad SMARTS) is 1. The monoisotopic (exact) mass is 262 g/mol. The molecule has 0 amide bonds. The molecule has 1 aromatic heterocycles. The predicted octanol–water partition coefficient (Wildman–Crippen LogP) is 2.25. The Balaban J connectivity index is 2.39. The average Bonchev–Trinajstić information content (AvgIpc) is 2.71. The van der Waals surface area contributed by atoms with Gasteiger partial charge in [-0.05, 0) is 18.6 Å². The molecule has 0 bridgehead atoms.